The van der Waals surface area contributed by atoms with Gasteiger partial charge in [-0.15, -0.1) is 0 Å². The van der Waals surface area contributed by atoms with E-state index in [1.165, 1.54) is 0 Å². The first kappa shape index (κ1) is 22.8. The van der Waals surface area contributed by atoms with Crippen LogP contribution in [-0.4, -0.2) is 49.3 Å². The molecular formula is C25H27N3O7. The zero-order chi connectivity index (χ0) is 24.0. The Labute approximate surface area is 202 Å². The molecule has 1 atom stereocenters. The van der Waals surface area contributed by atoms with Gasteiger partial charge in [-0.05, 0) is 41.9 Å². The Balaban J connectivity index is 1.21. The molecule has 0 fully saturated rings. The van der Waals surface area contributed by atoms with E-state index in [-0.39, 0.29) is 25.1 Å². The third-order valence-corrected chi connectivity index (χ3v) is 5.75. The molecule has 0 radical (unpaired) electrons. The number of carbonyl (C=O) groups is 1. The van der Waals surface area contributed by atoms with Gasteiger partial charge in [0.25, 0.3) is 5.88 Å². The van der Waals surface area contributed by atoms with E-state index < -0.39 is 0 Å². The molecule has 2 aliphatic rings. The Morgan fingerprint density at radius 1 is 1.11 bits per heavy atom. The van der Waals surface area contributed by atoms with Crippen molar-refractivity contribution in [3.05, 3.63) is 53.4 Å². The highest BCUT2D eigenvalue weighted by atomic mass is 16.7. The summed E-state index contributed by atoms with van der Waals surface area (Å²) in [6, 6.07) is 11.3. The molecule has 0 spiro atoms. The summed E-state index contributed by atoms with van der Waals surface area (Å²) in [7, 11) is 0. The monoisotopic (exact) mass is 481 g/mol. The fraction of sp³-hybridized carbons (Fsp3) is 0.400. The van der Waals surface area contributed by atoms with Crippen molar-refractivity contribution in [1.29, 1.82) is 0 Å². The van der Waals surface area contributed by atoms with Gasteiger partial charge < -0.3 is 33.5 Å². The van der Waals surface area contributed by atoms with Crippen LogP contribution in [0, 0.1) is 0 Å². The van der Waals surface area contributed by atoms with Crippen molar-refractivity contribution < 1.29 is 33.0 Å². The number of pyridine rings is 1. The molecule has 0 saturated carbocycles. The second-order valence-electron chi connectivity index (χ2n) is 8.18. The van der Waals surface area contributed by atoms with Crippen LogP contribution < -0.4 is 24.3 Å². The normalized spacial score (nSPS) is 14.4. The maximum Gasteiger partial charge on any atom is 0.306 e. The number of hydrogen-bond donors (Lipinski definition) is 1. The van der Waals surface area contributed by atoms with Crippen LogP contribution in [0.3, 0.4) is 0 Å². The number of hydrogen-bond acceptors (Lipinski definition) is 10. The number of nitrogens with one attached hydrogen (secondary N) is 1. The maximum absolute atomic E-state index is 12.3. The Bertz CT molecular complexity index is 1180. The minimum absolute atomic E-state index is 0.182. The molecule has 0 bridgehead atoms. The predicted molar refractivity (Wildman–Crippen MR) is 124 cm³/mol. The van der Waals surface area contributed by atoms with Gasteiger partial charge in [0.15, 0.2) is 23.1 Å². The molecule has 0 saturated heterocycles. The van der Waals surface area contributed by atoms with Crippen LogP contribution in [-0.2, 0) is 22.4 Å². The summed E-state index contributed by atoms with van der Waals surface area (Å²) in [6.45, 7) is 4.08. The summed E-state index contributed by atoms with van der Waals surface area (Å²) < 4.78 is 32.9. The topological polar surface area (TPSA) is 114 Å². The molecule has 3 aromatic rings. The van der Waals surface area contributed by atoms with E-state index in [9.17, 15) is 4.79 Å². The molecule has 2 aliphatic heterocycles. The molecule has 10 nitrogen and oxygen atoms in total. The first-order valence-corrected chi connectivity index (χ1v) is 11.7. The Morgan fingerprint density at radius 3 is 2.91 bits per heavy atom. The van der Waals surface area contributed by atoms with Crippen LogP contribution >= 0.6 is 0 Å². The molecule has 1 N–H and O–H groups in total. The molecule has 0 amide bonds. The van der Waals surface area contributed by atoms with Gasteiger partial charge in [-0.3, -0.25) is 4.79 Å². The van der Waals surface area contributed by atoms with Crippen molar-refractivity contribution in [3.8, 4) is 23.1 Å². The van der Waals surface area contributed by atoms with Gasteiger partial charge in [-0.2, -0.15) is 0 Å². The predicted octanol–water partition coefficient (Wildman–Crippen LogP) is 3.50. The summed E-state index contributed by atoms with van der Waals surface area (Å²) in [6.07, 6.45) is 1.26. The highest BCUT2D eigenvalue weighted by Crippen LogP contribution is 2.36. The quantitative estimate of drug-likeness (QED) is 0.432. The Morgan fingerprint density at radius 2 is 2.00 bits per heavy atom. The summed E-state index contributed by atoms with van der Waals surface area (Å²) in [5.74, 6) is 3.42. The van der Waals surface area contributed by atoms with E-state index in [4.69, 9.17) is 28.2 Å². The second-order valence-corrected chi connectivity index (χ2v) is 8.18. The summed E-state index contributed by atoms with van der Waals surface area (Å²) in [5.41, 5.74) is 1.82. The SMILES string of the molecule is CCOC(=O)CC(Cc1cc(OCCc2ccc3c(n2)NCCO3)no1)c1ccc2c(c1)OCO2. The van der Waals surface area contributed by atoms with Crippen molar-refractivity contribution in [2.75, 3.05) is 38.5 Å². The zero-order valence-electron chi connectivity index (χ0n) is 19.5. The average molecular weight is 482 g/mol. The van der Waals surface area contributed by atoms with E-state index in [0.717, 1.165) is 29.4 Å². The number of esters is 1. The molecule has 184 valence electrons. The molecular weight excluding hydrogens is 454 g/mol. The number of benzene rings is 1. The van der Waals surface area contributed by atoms with Crippen molar-refractivity contribution in [2.24, 2.45) is 0 Å². The van der Waals surface area contributed by atoms with E-state index in [0.29, 0.717) is 55.8 Å². The number of fused-ring (bicyclic) bond motifs is 2. The van der Waals surface area contributed by atoms with Gasteiger partial charge in [-0.1, -0.05) is 6.07 Å². The number of rotatable bonds is 10. The van der Waals surface area contributed by atoms with E-state index in [1.807, 2.05) is 30.3 Å². The van der Waals surface area contributed by atoms with Gasteiger partial charge in [0.05, 0.1) is 26.2 Å². The number of nitrogens with zero attached hydrogens (tertiary/aromatic N) is 2. The van der Waals surface area contributed by atoms with Gasteiger partial charge in [0.1, 0.15) is 12.4 Å². The van der Waals surface area contributed by atoms with Crippen molar-refractivity contribution >= 4 is 11.8 Å². The number of ether oxygens (including phenoxy) is 5. The van der Waals surface area contributed by atoms with Crippen molar-refractivity contribution in [3.63, 3.8) is 0 Å². The number of carbonyl (C=O) groups excluding carboxylic acids is 1. The second kappa shape index (κ2) is 10.5. The fourth-order valence-electron chi connectivity index (χ4n) is 4.06. The molecule has 2 aromatic heterocycles. The van der Waals surface area contributed by atoms with Crippen molar-refractivity contribution in [2.45, 2.75) is 32.1 Å². The third-order valence-electron chi connectivity index (χ3n) is 5.75. The lowest BCUT2D eigenvalue weighted by Gasteiger charge is -2.18. The number of anilines is 1. The Hall–Kier alpha value is -3.95. The highest BCUT2D eigenvalue weighted by Gasteiger charge is 2.23. The summed E-state index contributed by atoms with van der Waals surface area (Å²) in [5, 5.41) is 7.26. The van der Waals surface area contributed by atoms with Crippen LogP contribution in [0.1, 0.15) is 36.3 Å². The summed E-state index contributed by atoms with van der Waals surface area (Å²) in [4.78, 5) is 16.8. The first-order valence-electron chi connectivity index (χ1n) is 11.7. The van der Waals surface area contributed by atoms with Gasteiger partial charge >= 0.3 is 5.97 Å². The standard InChI is InChI=1S/C25H27N3O7/c1-2-30-24(29)13-17(16-3-5-20-22(12-16)34-15-33-20)11-19-14-23(28-35-19)32-9-7-18-4-6-21-25(27-18)26-8-10-31-21/h3-6,12,14,17H,2,7-11,13,15H2,1H3,(H,26,27). The fourth-order valence-corrected chi connectivity index (χ4v) is 4.06. The lowest BCUT2D eigenvalue weighted by molar-refractivity contribution is -0.143. The average Bonchev–Trinajstić information content (AvgIpc) is 3.52. The van der Waals surface area contributed by atoms with Gasteiger partial charge in [0.2, 0.25) is 6.79 Å². The molecule has 1 aromatic carbocycles. The van der Waals surface area contributed by atoms with E-state index in [2.05, 4.69) is 15.5 Å². The highest BCUT2D eigenvalue weighted by molar-refractivity contribution is 5.70. The van der Waals surface area contributed by atoms with Gasteiger partial charge in [0, 0.05) is 30.5 Å². The molecule has 5 rings (SSSR count). The zero-order valence-corrected chi connectivity index (χ0v) is 19.5. The smallest absolute Gasteiger partial charge is 0.306 e. The lowest BCUT2D eigenvalue weighted by Crippen LogP contribution is -2.19. The van der Waals surface area contributed by atoms with Crippen LogP contribution in [0.25, 0.3) is 0 Å². The minimum atomic E-state index is -0.274. The van der Waals surface area contributed by atoms with Crippen LogP contribution in [0.4, 0.5) is 5.82 Å². The maximum atomic E-state index is 12.3. The molecule has 10 heteroatoms. The van der Waals surface area contributed by atoms with E-state index >= 15 is 0 Å². The molecule has 1 unspecified atom stereocenters. The Kier molecular flexibility index (Phi) is 6.87. The first-order chi connectivity index (χ1) is 17.2. The molecule has 0 aliphatic carbocycles. The summed E-state index contributed by atoms with van der Waals surface area (Å²) >= 11 is 0. The van der Waals surface area contributed by atoms with Gasteiger partial charge in [-0.25, -0.2) is 4.98 Å². The van der Waals surface area contributed by atoms with Crippen LogP contribution in [0.2, 0.25) is 0 Å². The van der Waals surface area contributed by atoms with Crippen LogP contribution in [0.5, 0.6) is 23.1 Å². The molecule has 35 heavy (non-hydrogen) atoms. The largest absolute Gasteiger partial charge is 0.488 e. The minimum Gasteiger partial charge on any atom is -0.488 e. The van der Waals surface area contributed by atoms with Crippen LogP contribution in [0.15, 0.2) is 40.9 Å². The lowest BCUT2D eigenvalue weighted by atomic mass is 9.91. The van der Waals surface area contributed by atoms with Crippen molar-refractivity contribution in [1.82, 2.24) is 10.1 Å². The molecule has 4 heterocycles. The number of aromatic nitrogens is 2. The van der Waals surface area contributed by atoms with E-state index in [1.54, 1.807) is 13.0 Å². The third kappa shape index (κ3) is 5.59.